The van der Waals surface area contributed by atoms with Gasteiger partial charge in [0, 0.05) is 16.7 Å². The van der Waals surface area contributed by atoms with Crippen LogP contribution in [0.2, 0.25) is 0 Å². The van der Waals surface area contributed by atoms with Crippen LogP contribution >= 0.6 is 23.1 Å². The molecule has 0 saturated carbocycles. The minimum absolute atomic E-state index is 0.157. The van der Waals surface area contributed by atoms with Crippen molar-refractivity contribution in [3.8, 4) is 0 Å². The number of aliphatic carboxylic acids is 1. The van der Waals surface area contributed by atoms with E-state index in [1.54, 1.807) is 0 Å². The maximum Gasteiger partial charge on any atom is 0.352 e. The fourth-order valence-electron chi connectivity index (χ4n) is 3.04. The van der Waals surface area contributed by atoms with Crippen LogP contribution in [0.4, 0.5) is 5.13 Å². The van der Waals surface area contributed by atoms with E-state index >= 15 is 0 Å². The predicted molar refractivity (Wildman–Crippen MR) is 109 cm³/mol. The summed E-state index contributed by atoms with van der Waals surface area (Å²) in [6.45, 7) is 0.872. The number of aromatic nitrogens is 1. The number of Topliss-reactive ketones (excluding diaryl/α,β-unsaturated/α-hetero) is 1. The number of nitrogens with one attached hydrogen (secondary N) is 1. The lowest BCUT2D eigenvalue weighted by Crippen LogP contribution is -2.71. The second-order valence-electron chi connectivity index (χ2n) is 6.78. The van der Waals surface area contributed by atoms with Gasteiger partial charge in [0.2, 0.25) is 5.91 Å². The second-order valence-corrected chi connectivity index (χ2v) is 8.78. The molecule has 1 aromatic rings. The van der Waals surface area contributed by atoms with Crippen molar-refractivity contribution in [3.63, 3.8) is 0 Å². The summed E-state index contributed by atoms with van der Waals surface area (Å²) in [6.07, 6.45) is -0.424. The van der Waals surface area contributed by atoms with Crippen LogP contribution in [0.3, 0.4) is 0 Å². The molecule has 0 radical (unpaired) electrons. The molecule has 1 saturated heterocycles. The van der Waals surface area contributed by atoms with Crippen LogP contribution in [-0.4, -0.2) is 68.3 Å². The molecular weight excluding hydrogens is 450 g/mol. The number of esters is 1. The van der Waals surface area contributed by atoms with Crippen LogP contribution in [0.1, 0.15) is 25.1 Å². The molecule has 3 rings (SSSR count). The summed E-state index contributed by atoms with van der Waals surface area (Å²) < 4.78 is 4.95. The molecule has 1 unspecified atom stereocenters. The van der Waals surface area contributed by atoms with Crippen LogP contribution in [0.5, 0.6) is 0 Å². The highest BCUT2D eigenvalue weighted by molar-refractivity contribution is 8.00. The highest BCUT2D eigenvalue weighted by Gasteiger charge is 2.54. The number of nitrogens with zero attached hydrogens (tertiary/aromatic N) is 2. The number of nitrogen functional groups attached to an aromatic ring is 1. The zero-order valence-electron chi connectivity index (χ0n) is 16.2. The van der Waals surface area contributed by atoms with Crippen LogP contribution in [0, 0.1) is 0 Å². The second kappa shape index (κ2) is 9.03. The summed E-state index contributed by atoms with van der Waals surface area (Å²) in [4.78, 5) is 64.3. The number of amides is 2. The van der Waals surface area contributed by atoms with Gasteiger partial charge in [-0.2, -0.15) is 0 Å². The molecule has 1 fully saturated rings. The lowest BCUT2D eigenvalue weighted by atomic mass is 10.0. The Morgan fingerprint density at radius 3 is 2.71 bits per heavy atom. The molecule has 6 N–H and O–H groups in total. The predicted octanol–water partition coefficient (Wildman–Crippen LogP) is -1.01. The summed E-state index contributed by atoms with van der Waals surface area (Å²) in [5.41, 5.74) is 11.6. The Morgan fingerprint density at radius 2 is 2.13 bits per heavy atom. The number of nitrogens with two attached hydrogens (primary N) is 2. The van der Waals surface area contributed by atoms with Gasteiger partial charge in [0.25, 0.3) is 5.91 Å². The maximum atomic E-state index is 12.6. The lowest BCUT2D eigenvalue weighted by Gasteiger charge is -2.49. The van der Waals surface area contributed by atoms with Gasteiger partial charge in [-0.3, -0.25) is 24.1 Å². The Labute approximate surface area is 184 Å². The fraction of sp³-hybridized carbons (Fsp3) is 0.412. The van der Waals surface area contributed by atoms with Crippen molar-refractivity contribution in [1.29, 1.82) is 0 Å². The van der Waals surface area contributed by atoms with E-state index in [1.807, 2.05) is 0 Å². The van der Waals surface area contributed by atoms with Gasteiger partial charge in [-0.15, -0.1) is 23.1 Å². The van der Waals surface area contributed by atoms with Crippen molar-refractivity contribution < 1.29 is 33.8 Å². The zero-order valence-corrected chi connectivity index (χ0v) is 17.8. The zero-order chi connectivity index (χ0) is 22.9. The number of rotatable bonds is 8. The number of anilines is 1. The number of carboxylic acids is 1. The first-order chi connectivity index (χ1) is 14.6. The molecule has 3 heterocycles. The largest absolute Gasteiger partial charge is 0.477 e. The van der Waals surface area contributed by atoms with Crippen molar-refractivity contribution in [2.45, 2.75) is 30.8 Å². The number of fused-ring (bicyclic) bond motifs is 1. The summed E-state index contributed by atoms with van der Waals surface area (Å²) in [5, 5.41) is 13.3. The number of ketones is 1. The van der Waals surface area contributed by atoms with Gasteiger partial charge < -0.3 is 26.6 Å². The Morgan fingerprint density at radius 1 is 1.42 bits per heavy atom. The number of carbonyl (C=O) groups excluding carboxylic acids is 4. The summed E-state index contributed by atoms with van der Waals surface area (Å²) in [7, 11) is 0. The number of hydrogen-bond acceptors (Lipinski definition) is 11. The topological polar surface area (TPSA) is 195 Å². The lowest BCUT2D eigenvalue weighted by molar-refractivity contribution is -0.151. The Bertz CT molecular complexity index is 991. The Kier molecular flexibility index (Phi) is 6.62. The summed E-state index contributed by atoms with van der Waals surface area (Å²) in [5.74, 6) is -3.64. The molecule has 12 nitrogen and oxygen atoms in total. The van der Waals surface area contributed by atoms with Crippen molar-refractivity contribution in [1.82, 2.24) is 15.2 Å². The van der Waals surface area contributed by atoms with Gasteiger partial charge in [-0.25, -0.2) is 9.78 Å². The van der Waals surface area contributed by atoms with Crippen LogP contribution in [-0.2, 0) is 28.7 Å². The van der Waals surface area contributed by atoms with Crippen molar-refractivity contribution in [2.75, 3.05) is 18.1 Å². The standard InChI is InChI=1S/C17H19N5O7S2/c1-6(23)2-9(24)29-3-7-4-30-15-11(14(26)22(15)12(7)16(27)28)21-13(25)10(18)8-5-31-17(19)20-8/h5,10-11,15H,2-4,18H2,1H3,(H2,19,20)(H,21,25)(H,27,28)/t10?,11-,15-/m1/s1. The average Bonchev–Trinajstić information content (AvgIpc) is 3.14. The van der Waals surface area contributed by atoms with E-state index in [4.69, 9.17) is 16.2 Å². The first kappa shape index (κ1) is 22.7. The normalized spacial score (nSPS) is 21.1. The number of hydrogen-bond donors (Lipinski definition) is 4. The summed E-state index contributed by atoms with van der Waals surface area (Å²) >= 11 is 2.33. The van der Waals surface area contributed by atoms with Crippen LogP contribution in [0.25, 0.3) is 0 Å². The van der Waals surface area contributed by atoms with E-state index in [9.17, 15) is 29.1 Å². The number of thioether (sulfide) groups is 1. The van der Waals surface area contributed by atoms with Gasteiger partial charge in [0.1, 0.15) is 42.0 Å². The van der Waals surface area contributed by atoms with E-state index in [-0.39, 0.29) is 40.2 Å². The molecule has 2 amide bonds. The average molecular weight is 470 g/mol. The summed E-state index contributed by atoms with van der Waals surface area (Å²) in [6, 6.07) is -2.09. The SMILES string of the molecule is CC(=O)CC(=O)OCC1=C(C(=O)O)N2C(=O)[C@@H](NC(=O)C(N)c3csc(N)n3)[C@H]2SC1. The molecule has 0 bridgehead atoms. The third-order valence-electron chi connectivity index (χ3n) is 4.49. The molecule has 1 aromatic heterocycles. The highest BCUT2D eigenvalue weighted by atomic mass is 32.2. The van der Waals surface area contributed by atoms with Gasteiger partial charge in [-0.1, -0.05) is 0 Å². The fourth-order valence-corrected chi connectivity index (χ4v) is 4.96. The highest BCUT2D eigenvalue weighted by Crippen LogP contribution is 2.40. The van der Waals surface area contributed by atoms with E-state index in [2.05, 4.69) is 10.3 Å². The molecular formula is C17H19N5O7S2. The van der Waals surface area contributed by atoms with Crippen molar-refractivity contribution in [3.05, 3.63) is 22.3 Å². The molecule has 0 spiro atoms. The van der Waals surface area contributed by atoms with Crippen LogP contribution < -0.4 is 16.8 Å². The van der Waals surface area contributed by atoms with E-state index in [0.717, 1.165) is 16.2 Å². The molecule has 0 aromatic carbocycles. The van der Waals surface area contributed by atoms with Crippen molar-refractivity contribution >= 4 is 57.8 Å². The molecule has 2 aliphatic heterocycles. The molecule has 31 heavy (non-hydrogen) atoms. The number of carbonyl (C=O) groups is 5. The number of β-lactam (4-membered cyclic amide) rings is 1. The van der Waals surface area contributed by atoms with E-state index < -0.39 is 47.6 Å². The monoisotopic (exact) mass is 469 g/mol. The Balaban J connectivity index is 1.68. The number of ether oxygens (including phenoxy) is 1. The maximum absolute atomic E-state index is 12.6. The quantitative estimate of drug-likeness (QED) is 0.207. The number of thiazole rings is 1. The first-order valence-corrected chi connectivity index (χ1v) is 10.8. The minimum Gasteiger partial charge on any atom is -0.477 e. The minimum atomic E-state index is -1.37. The molecule has 3 atom stereocenters. The first-order valence-electron chi connectivity index (χ1n) is 8.92. The van der Waals surface area contributed by atoms with Crippen molar-refractivity contribution in [2.24, 2.45) is 5.73 Å². The van der Waals surface area contributed by atoms with Gasteiger partial charge in [0.05, 0.1) is 5.69 Å². The van der Waals surface area contributed by atoms with Gasteiger partial charge >= 0.3 is 11.9 Å². The van der Waals surface area contributed by atoms with Crippen LogP contribution in [0.15, 0.2) is 16.7 Å². The molecule has 14 heteroatoms. The molecule has 166 valence electrons. The third kappa shape index (κ3) is 4.70. The number of carboxylic acid groups (broad SMARTS) is 1. The van der Waals surface area contributed by atoms with Gasteiger partial charge in [-0.05, 0) is 6.92 Å². The molecule has 0 aliphatic carbocycles. The third-order valence-corrected chi connectivity index (χ3v) is 6.52. The van der Waals surface area contributed by atoms with E-state index in [0.29, 0.717) is 0 Å². The van der Waals surface area contributed by atoms with E-state index in [1.165, 1.54) is 24.1 Å². The smallest absolute Gasteiger partial charge is 0.352 e. The van der Waals surface area contributed by atoms with Gasteiger partial charge in [0.15, 0.2) is 5.13 Å². The molecule has 2 aliphatic rings. The Hall–Kier alpha value is -2.97.